The van der Waals surface area contributed by atoms with E-state index in [2.05, 4.69) is 26.1 Å². The Hall–Kier alpha value is -3.50. The molecule has 0 unspecified atom stereocenters. The van der Waals surface area contributed by atoms with Gasteiger partial charge >= 0.3 is 0 Å². The number of phenolic OH excluding ortho intramolecular Hbond substituents is 1. The molecule has 1 aromatic heterocycles. The van der Waals surface area contributed by atoms with Gasteiger partial charge in [0.2, 0.25) is 5.75 Å². The Morgan fingerprint density at radius 3 is 2.44 bits per heavy atom. The van der Waals surface area contributed by atoms with Crippen molar-refractivity contribution in [2.24, 2.45) is 10.2 Å². The number of halogens is 1. The first kappa shape index (κ1) is 23.7. The number of hydrogen-bond acceptors (Lipinski definition) is 8. The zero-order valence-corrected chi connectivity index (χ0v) is 20.7. The van der Waals surface area contributed by atoms with Crippen molar-refractivity contribution in [3.63, 3.8) is 0 Å². The van der Waals surface area contributed by atoms with Crippen LogP contribution in [0.5, 0.6) is 17.2 Å². The number of thioether (sulfide) groups is 1. The van der Waals surface area contributed by atoms with Gasteiger partial charge in [-0.1, -0.05) is 28.1 Å². The quantitative estimate of drug-likeness (QED) is 0.248. The smallest absolute Gasteiger partial charge is 0.267 e. The number of furan rings is 1. The van der Waals surface area contributed by atoms with E-state index in [-0.39, 0.29) is 29.7 Å². The molecule has 1 N–H and O–H groups in total. The van der Waals surface area contributed by atoms with E-state index in [0.717, 1.165) is 10.0 Å². The predicted octanol–water partition coefficient (Wildman–Crippen LogP) is 5.27. The second kappa shape index (κ2) is 10.6. The monoisotopic (exact) mass is 541 g/mol. The van der Waals surface area contributed by atoms with E-state index in [9.17, 15) is 9.90 Å². The first-order chi connectivity index (χ1) is 16.5. The number of nitrogens with zero attached hydrogens (tertiary/aromatic N) is 3. The van der Waals surface area contributed by atoms with Gasteiger partial charge in [0.15, 0.2) is 16.7 Å². The molecule has 1 saturated heterocycles. The van der Waals surface area contributed by atoms with Gasteiger partial charge in [0.05, 0.1) is 38.1 Å². The van der Waals surface area contributed by atoms with Gasteiger partial charge in [-0.3, -0.25) is 9.69 Å². The highest BCUT2D eigenvalue weighted by Gasteiger charge is 2.34. The fraction of sp³-hybridized carbons (Fsp3) is 0.125. The SMILES string of the molecule is COc1cc(/C=N/N=C2\S/C(=C\c3ccc(Br)cc3)C(=O)N2Cc2ccco2)cc(OC)c1O. The molecule has 1 aliphatic heterocycles. The van der Waals surface area contributed by atoms with E-state index in [4.69, 9.17) is 13.9 Å². The highest BCUT2D eigenvalue weighted by atomic mass is 79.9. The van der Waals surface area contributed by atoms with Crippen LogP contribution in [-0.2, 0) is 11.3 Å². The third-order valence-corrected chi connectivity index (χ3v) is 6.33. The summed E-state index contributed by atoms with van der Waals surface area (Å²) in [5, 5.41) is 18.9. The number of rotatable bonds is 7. The number of hydrogen-bond donors (Lipinski definition) is 1. The van der Waals surface area contributed by atoms with Gasteiger partial charge in [0, 0.05) is 10.0 Å². The van der Waals surface area contributed by atoms with Crippen LogP contribution in [0.2, 0.25) is 0 Å². The molecule has 34 heavy (non-hydrogen) atoms. The summed E-state index contributed by atoms with van der Waals surface area (Å²) in [5.74, 6) is 0.837. The molecule has 1 fully saturated rings. The highest BCUT2D eigenvalue weighted by molar-refractivity contribution is 9.10. The number of amidine groups is 1. The van der Waals surface area contributed by atoms with E-state index in [1.807, 2.05) is 30.3 Å². The van der Waals surface area contributed by atoms with Crippen LogP contribution in [0.25, 0.3) is 6.08 Å². The van der Waals surface area contributed by atoms with Gasteiger partial charge in [-0.2, -0.15) is 5.10 Å². The first-order valence-electron chi connectivity index (χ1n) is 10.0. The van der Waals surface area contributed by atoms with Crippen molar-refractivity contribution in [3.8, 4) is 17.2 Å². The lowest BCUT2D eigenvalue weighted by Gasteiger charge is -2.12. The van der Waals surface area contributed by atoms with E-state index >= 15 is 0 Å². The van der Waals surface area contributed by atoms with Crippen LogP contribution in [0.3, 0.4) is 0 Å². The fourth-order valence-electron chi connectivity index (χ4n) is 3.12. The molecule has 10 heteroatoms. The summed E-state index contributed by atoms with van der Waals surface area (Å²) in [6, 6.07) is 14.4. The Morgan fingerprint density at radius 1 is 1.12 bits per heavy atom. The highest BCUT2D eigenvalue weighted by Crippen LogP contribution is 2.37. The fourth-order valence-corrected chi connectivity index (χ4v) is 4.32. The Balaban J connectivity index is 1.63. The third-order valence-electron chi connectivity index (χ3n) is 4.80. The topological polar surface area (TPSA) is 96.9 Å². The maximum atomic E-state index is 13.1. The number of aromatic hydroxyl groups is 1. The standard InChI is InChI=1S/C24H20BrN3O5S/c1-31-19-10-16(11-20(32-2)22(19)29)13-26-27-24-28(14-18-4-3-9-33-18)23(30)21(34-24)12-15-5-7-17(25)8-6-15/h3-13,29H,14H2,1-2H3/b21-12-,26-13+,27-24-. The lowest BCUT2D eigenvalue weighted by Crippen LogP contribution is -2.28. The second-order valence-corrected chi connectivity index (χ2v) is 8.96. The molecule has 0 radical (unpaired) electrons. The summed E-state index contributed by atoms with van der Waals surface area (Å²) in [7, 11) is 2.89. The molecule has 0 saturated carbocycles. The van der Waals surface area contributed by atoms with Crippen molar-refractivity contribution in [1.29, 1.82) is 0 Å². The van der Waals surface area contributed by atoms with Gasteiger partial charge in [-0.25, -0.2) is 0 Å². The van der Waals surface area contributed by atoms with Crippen molar-refractivity contribution in [1.82, 2.24) is 4.90 Å². The van der Waals surface area contributed by atoms with E-state index < -0.39 is 0 Å². The summed E-state index contributed by atoms with van der Waals surface area (Å²) < 4.78 is 16.7. The van der Waals surface area contributed by atoms with E-state index in [1.54, 1.807) is 30.5 Å². The molecule has 0 bridgehead atoms. The maximum Gasteiger partial charge on any atom is 0.267 e. The Morgan fingerprint density at radius 2 is 1.82 bits per heavy atom. The number of ether oxygens (including phenoxy) is 2. The van der Waals surface area contributed by atoms with Crippen molar-refractivity contribution in [3.05, 3.63) is 81.1 Å². The Kier molecular flexibility index (Phi) is 7.39. The minimum Gasteiger partial charge on any atom is -0.502 e. The summed E-state index contributed by atoms with van der Waals surface area (Å²) in [6.07, 6.45) is 4.86. The zero-order valence-electron chi connectivity index (χ0n) is 18.3. The molecule has 3 aromatic rings. The van der Waals surface area contributed by atoms with Crippen LogP contribution in [0.4, 0.5) is 0 Å². The molecule has 4 rings (SSSR count). The Labute approximate surface area is 208 Å². The normalized spacial score (nSPS) is 16.2. The van der Waals surface area contributed by atoms with Gasteiger partial charge in [0.1, 0.15) is 5.76 Å². The lowest BCUT2D eigenvalue weighted by molar-refractivity contribution is -0.122. The van der Waals surface area contributed by atoms with Gasteiger partial charge in [0.25, 0.3) is 5.91 Å². The van der Waals surface area contributed by atoms with Gasteiger partial charge in [-0.15, -0.1) is 5.10 Å². The summed E-state index contributed by atoms with van der Waals surface area (Å²) in [5.41, 5.74) is 1.50. The molecule has 0 aliphatic carbocycles. The number of amides is 1. The third kappa shape index (κ3) is 5.35. The predicted molar refractivity (Wildman–Crippen MR) is 135 cm³/mol. The van der Waals surface area contributed by atoms with E-state index in [0.29, 0.717) is 21.4 Å². The molecule has 8 nitrogen and oxygen atoms in total. The minimum absolute atomic E-state index is 0.0993. The van der Waals surface area contributed by atoms with Crippen LogP contribution in [0, 0.1) is 0 Å². The zero-order chi connectivity index (χ0) is 24.1. The van der Waals surface area contributed by atoms with Crippen molar-refractivity contribution >= 4 is 51.1 Å². The first-order valence-corrected chi connectivity index (χ1v) is 11.6. The number of benzene rings is 2. The molecule has 2 aromatic carbocycles. The molecule has 0 spiro atoms. The summed E-state index contributed by atoms with van der Waals surface area (Å²) in [4.78, 5) is 15.2. The van der Waals surface area contributed by atoms with Crippen LogP contribution < -0.4 is 9.47 Å². The molecule has 1 aliphatic rings. The van der Waals surface area contributed by atoms with Crippen molar-refractivity contribution in [2.75, 3.05) is 14.2 Å². The van der Waals surface area contributed by atoms with E-state index in [1.165, 1.54) is 37.1 Å². The summed E-state index contributed by atoms with van der Waals surface area (Å²) in [6.45, 7) is 0.228. The molecular formula is C24H20BrN3O5S. The number of carbonyl (C=O) groups excluding carboxylic acids is 1. The number of carbonyl (C=O) groups is 1. The van der Waals surface area contributed by atoms with Crippen LogP contribution in [0.15, 0.2) is 78.8 Å². The maximum absolute atomic E-state index is 13.1. The average Bonchev–Trinajstić information content (AvgIpc) is 3.45. The van der Waals surface area contributed by atoms with Crippen LogP contribution in [-0.4, -0.2) is 41.5 Å². The lowest BCUT2D eigenvalue weighted by atomic mass is 10.2. The van der Waals surface area contributed by atoms with Crippen molar-refractivity contribution in [2.45, 2.75) is 6.54 Å². The molecular weight excluding hydrogens is 522 g/mol. The minimum atomic E-state index is -0.189. The number of phenols is 1. The van der Waals surface area contributed by atoms with Gasteiger partial charge < -0.3 is 19.0 Å². The van der Waals surface area contributed by atoms with Gasteiger partial charge in [-0.05, 0) is 59.8 Å². The molecule has 174 valence electrons. The Bertz CT molecular complexity index is 1250. The summed E-state index contributed by atoms with van der Waals surface area (Å²) >= 11 is 4.65. The molecule has 1 amide bonds. The van der Waals surface area contributed by atoms with Crippen LogP contribution in [0.1, 0.15) is 16.9 Å². The van der Waals surface area contributed by atoms with Crippen LogP contribution >= 0.6 is 27.7 Å². The average molecular weight is 542 g/mol. The van der Waals surface area contributed by atoms with Crippen molar-refractivity contribution < 1.29 is 23.8 Å². The number of methoxy groups -OCH3 is 2. The second-order valence-electron chi connectivity index (χ2n) is 7.03. The molecule has 2 heterocycles. The molecule has 0 atom stereocenters. The largest absolute Gasteiger partial charge is 0.502 e.